The summed E-state index contributed by atoms with van der Waals surface area (Å²) < 4.78 is 0. The Morgan fingerprint density at radius 3 is 2.33 bits per heavy atom. The molecule has 0 heterocycles. The van der Waals surface area contributed by atoms with Gasteiger partial charge in [-0.15, -0.1) is 0 Å². The van der Waals surface area contributed by atoms with Crippen LogP contribution in [-0.2, 0) is 0 Å². The van der Waals surface area contributed by atoms with Crippen molar-refractivity contribution in [2.75, 3.05) is 17.3 Å². The van der Waals surface area contributed by atoms with Gasteiger partial charge in [-0.25, -0.2) is 9.59 Å². The van der Waals surface area contributed by atoms with E-state index in [1.165, 1.54) is 11.0 Å². The second-order valence-electron chi connectivity index (χ2n) is 4.66. The van der Waals surface area contributed by atoms with Crippen molar-refractivity contribution in [1.82, 2.24) is 0 Å². The monoisotopic (exact) mass is 284 g/mol. The van der Waals surface area contributed by atoms with Gasteiger partial charge in [0.1, 0.15) is 0 Å². The molecular formula is C16H16N2O3. The van der Waals surface area contributed by atoms with Crippen LogP contribution in [0.3, 0.4) is 0 Å². The molecule has 5 heteroatoms. The number of benzene rings is 2. The van der Waals surface area contributed by atoms with E-state index in [0.717, 1.165) is 5.69 Å². The van der Waals surface area contributed by atoms with Crippen LogP contribution in [0, 0.1) is 6.92 Å². The van der Waals surface area contributed by atoms with E-state index >= 15 is 0 Å². The number of carboxylic acid groups (broad SMARTS) is 1. The molecule has 0 saturated heterocycles. The molecule has 2 aromatic carbocycles. The summed E-state index contributed by atoms with van der Waals surface area (Å²) in [5.74, 6) is -0.980. The van der Waals surface area contributed by atoms with Crippen LogP contribution in [-0.4, -0.2) is 24.2 Å². The number of anilines is 2. The number of nitrogens with one attached hydrogen (secondary N) is 1. The fraction of sp³-hybridized carbons (Fsp3) is 0.125. The molecule has 21 heavy (non-hydrogen) atoms. The average molecular weight is 284 g/mol. The lowest BCUT2D eigenvalue weighted by molar-refractivity contribution is 0.0696. The summed E-state index contributed by atoms with van der Waals surface area (Å²) >= 11 is 0. The largest absolute Gasteiger partial charge is 0.478 e. The quantitative estimate of drug-likeness (QED) is 0.908. The van der Waals surface area contributed by atoms with Crippen molar-refractivity contribution in [3.05, 3.63) is 59.7 Å². The van der Waals surface area contributed by atoms with Gasteiger partial charge >= 0.3 is 12.0 Å². The summed E-state index contributed by atoms with van der Waals surface area (Å²) in [6.07, 6.45) is 0. The predicted molar refractivity (Wildman–Crippen MR) is 82.0 cm³/mol. The maximum absolute atomic E-state index is 12.1. The molecule has 0 aromatic heterocycles. The van der Waals surface area contributed by atoms with E-state index in [9.17, 15) is 9.59 Å². The van der Waals surface area contributed by atoms with Crippen LogP contribution in [0.25, 0.3) is 0 Å². The number of hydrogen-bond donors (Lipinski definition) is 2. The molecular weight excluding hydrogens is 268 g/mol. The van der Waals surface area contributed by atoms with Gasteiger partial charge in [-0.2, -0.15) is 0 Å². The topological polar surface area (TPSA) is 69.6 Å². The van der Waals surface area contributed by atoms with E-state index < -0.39 is 5.97 Å². The molecule has 2 amide bonds. The number of urea groups is 1. The van der Waals surface area contributed by atoms with E-state index in [4.69, 9.17) is 5.11 Å². The van der Waals surface area contributed by atoms with Crippen molar-refractivity contribution in [3.63, 3.8) is 0 Å². The third-order valence-corrected chi connectivity index (χ3v) is 3.16. The first-order valence-corrected chi connectivity index (χ1v) is 6.42. The maximum Gasteiger partial charge on any atom is 0.335 e. The minimum absolute atomic E-state index is 0.226. The fourth-order valence-electron chi connectivity index (χ4n) is 1.96. The van der Waals surface area contributed by atoms with E-state index in [2.05, 4.69) is 5.32 Å². The molecule has 0 aliphatic rings. The molecule has 0 aliphatic heterocycles. The van der Waals surface area contributed by atoms with Gasteiger partial charge < -0.3 is 10.4 Å². The zero-order valence-electron chi connectivity index (χ0n) is 11.8. The Kier molecular flexibility index (Phi) is 4.23. The number of amides is 2. The van der Waals surface area contributed by atoms with Crippen LogP contribution in [0.2, 0.25) is 0 Å². The minimum Gasteiger partial charge on any atom is -0.478 e. The molecule has 0 radical (unpaired) electrons. The number of hydrogen-bond acceptors (Lipinski definition) is 2. The fourth-order valence-corrected chi connectivity index (χ4v) is 1.96. The van der Waals surface area contributed by atoms with E-state index in [1.807, 2.05) is 30.3 Å². The third kappa shape index (κ3) is 3.39. The number of carboxylic acids is 1. The molecule has 0 aliphatic carbocycles. The van der Waals surface area contributed by atoms with Crippen LogP contribution in [0.5, 0.6) is 0 Å². The van der Waals surface area contributed by atoms with E-state index in [0.29, 0.717) is 11.3 Å². The maximum atomic E-state index is 12.1. The molecule has 108 valence electrons. The molecule has 0 atom stereocenters. The Morgan fingerprint density at radius 1 is 1.10 bits per heavy atom. The van der Waals surface area contributed by atoms with Crippen LogP contribution in [0.4, 0.5) is 16.2 Å². The normalized spacial score (nSPS) is 10.0. The van der Waals surface area contributed by atoms with E-state index in [-0.39, 0.29) is 11.6 Å². The number of rotatable bonds is 3. The highest BCUT2D eigenvalue weighted by atomic mass is 16.4. The summed E-state index contributed by atoms with van der Waals surface area (Å²) in [5.41, 5.74) is 2.16. The van der Waals surface area contributed by atoms with Gasteiger partial charge in [0.25, 0.3) is 0 Å². The number of nitrogens with zero attached hydrogens (tertiary/aromatic N) is 1. The van der Waals surface area contributed by atoms with Crippen LogP contribution in [0.1, 0.15) is 15.9 Å². The Morgan fingerprint density at radius 2 is 1.76 bits per heavy atom. The third-order valence-electron chi connectivity index (χ3n) is 3.16. The van der Waals surface area contributed by atoms with Crippen molar-refractivity contribution in [3.8, 4) is 0 Å². The molecule has 2 aromatic rings. The number of carbonyl (C=O) groups excluding carboxylic acids is 1. The molecule has 2 N–H and O–H groups in total. The molecule has 0 unspecified atom stereocenters. The standard InChI is InChI=1S/C16H16N2O3/c1-11-10-12(8-9-14(11)15(19)20)17-16(21)18(2)13-6-4-3-5-7-13/h3-10H,1-2H3,(H,17,21)(H,19,20). The summed E-state index contributed by atoms with van der Waals surface area (Å²) in [7, 11) is 1.67. The number of carbonyl (C=O) groups is 2. The number of para-hydroxylation sites is 1. The first-order valence-electron chi connectivity index (χ1n) is 6.42. The lowest BCUT2D eigenvalue weighted by atomic mass is 10.1. The van der Waals surface area contributed by atoms with Gasteiger partial charge in [-0.05, 0) is 42.8 Å². The van der Waals surface area contributed by atoms with E-state index in [1.54, 1.807) is 26.1 Å². The highest BCUT2D eigenvalue weighted by Crippen LogP contribution is 2.17. The first-order chi connectivity index (χ1) is 9.99. The molecule has 5 nitrogen and oxygen atoms in total. The van der Waals surface area contributed by atoms with Gasteiger partial charge in [-0.1, -0.05) is 18.2 Å². The predicted octanol–water partition coefficient (Wildman–Crippen LogP) is 3.36. The Labute approximate surface area is 122 Å². The Bertz CT molecular complexity index is 668. The molecule has 0 spiro atoms. The zero-order valence-corrected chi connectivity index (χ0v) is 11.8. The van der Waals surface area contributed by atoms with Crippen LogP contribution < -0.4 is 10.2 Å². The van der Waals surface area contributed by atoms with Crippen molar-refractivity contribution in [2.24, 2.45) is 0 Å². The summed E-state index contributed by atoms with van der Waals surface area (Å²) in [5, 5.41) is 11.7. The second kappa shape index (κ2) is 6.09. The Hall–Kier alpha value is -2.82. The van der Waals surface area contributed by atoms with Crippen molar-refractivity contribution < 1.29 is 14.7 Å². The van der Waals surface area contributed by atoms with Gasteiger partial charge in [0.2, 0.25) is 0 Å². The summed E-state index contributed by atoms with van der Waals surface area (Å²) in [6.45, 7) is 1.69. The van der Waals surface area contributed by atoms with Crippen LogP contribution in [0.15, 0.2) is 48.5 Å². The van der Waals surface area contributed by atoms with Gasteiger partial charge in [-0.3, -0.25) is 4.90 Å². The van der Waals surface area contributed by atoms with Crippen molar-refractivity contribution in [1.29, 1.82) is 0 Å². The van der Waals surface area contributed by atoms with Gasteiger partial charge in [0, 0.05) is 18.4 Å². The summed E-state index contributed by atoms with van der Waals surface area (Å²) in [6, 6.07) is 13.7. The second-order valence-corrected chi connectivity index (χ2v) is 4.66. The smallest absolute Gasteiger partial charge is 0.335 e. The highest BCUT2D eigenvalue weighted by molar-refractivity contribution is 6.01. The van der Waals surface area contributed by atoms with Crippen LogP contribution >= 0.6 is 0 Å². The SMILES string of the molecule is Cc1cc(NC(=O)N(C)c2ccccc2)ccc1C(=O)O. The molecule has 0 saturated carbocycles. The average Bonchev–Trinajstić information content (AvgIpc) is 2.47. The minimum atomic E-state index is -0.980. The first kappa shape index (κ1) is 14.6. The van der Waals surface area contributed by atoms with Gasteiger partial charge in [0.15, 0.2) is 0 Å². The highest BCUT2D eigenvalue weighted by Gasteiger charge is 2.12. The number of aromatic carboxylic acids is 1. The molecule has 0 bridgehead atoms. The van der Waals surface area contributed by atoms with Gasteiger partial charge in [0.05, 0.1) is 5.56 Å². The molecule has 0 fully saturated rings. The Balaban J connectivity index is 2.13. The zero-order chi connectivity index (χ0) is 15.4. The van der Waals surface area contributed by atoms with Crippen molar-refractivity contribution in [2.45, 2.75) is 6.92 Å². The molecule has 2 rings (SSSR count). The number of aryl methyl sites for hydroxylation is 1. The lowest BCUT2D eigenvalue weighted by Gasteiger charge is -2.18. The lowest BCUT2D eigenvalue weighted by Crippen LogP contribution is -2.31. The summed E-state index contributed by atoms with van der Waals surface area (Å²) in [4.78, 5) is 24.6. The van der Waals surface area contributed by atoms with Crippen molar-refractivity contribution >= 4 is 23.4 Å².